The SMILES string of the molecule is CCC(O)C(C)(C)C(O)OC. The highest BCUT2D eigenvalue weighted by molar-refractivity contribution is 4.79. The van der Waals surface area contributed by atoms with Gasteiger partial charge in [-0.05, 0) is 6.42 Å². The van der Waals surface area contributed by atoms with Crippen LogP contribution in [-0.4, -0.2) is 29.7 Å². The molecule has 0 heterocycles. The van der Waals surface area contributed by atoms with E-state index in [-0.39, 0.29) is 0 Å². The quantitative estimate of drug-likeness (QED) is 0.600. The van der Waals surface area contributed by atoms with Gasteiger partial charge in [0.25, 0.3) is 0 Å². The van der Waals surface area contributed by atoms with E-state index >= 15 is 0 Å². The predicted molar refractivity (Wildman–Crippen MR) is 43.1 cm³/mol. The molecule has 0 saturated heterocycles. The molecule has 0 aliphatic carbocycles. The molecule has 0 spiro atoms. The molecule has 0 aliphatic rings. The molecule has 0 rings (SSSR count). The third kappa shape index (κ3) is 2.43. The van der Waals surface area contributed by atoms with Crippen LogP contribution in [0.15, 0.2) is 0 Å². The molecule has 0 saturated carbocycles. The van der Waals surface area contributed by atoms with Crippen molar-refractivity contribution in [1.29, 1.82) is 0 Å². The first kappa shape index (κ1) is 10.9. The Balaban J connectivity index is 4.18. The minimum Gasteiger partial charge on any atom is -0.392 e. The molecule has 11 heavy (non-hydrogen) atoms. The number of hydrogen-bond acceptors (Lipinski definition) is 3. The number of aliphatic hydroxyl groups excluding tert-OH is 2. The van der Waals surface area contributed by atoms with Gasteiger partial charge in [0.1, 0.15) is 0 Å². The largest absolute Gasteiger partial charge is 0.392 e. The van der Waals surface area contributed by atoms with Crippen LogP contribution in [0.1, 0.15) is 27.2 Å². The van der Waals surface area contributed by atoms with Crippen molar-refractivity contribution in [3.63, 3.8) is 0 Å². The molecule has 2 atom stereocenters. The van der Waals surface area contributed by atoms with Gasteiger partial charge >= 0.3 is 0 Å². The molecule has 0 aliphatic heterocycles. The standard InChI is InChI=1S/C8H18O3/c1-5-6(9)8(2,3)7(10)11-4/h6-7,9-10H,5H2,1-4H3. The molecular weight excluding hydrogens is 144 g/mol. The molecule has 0 aromatic rings. The maximum absolute atomic E-state index is 9.45. The van der Waals surface area contributed by atoms with E-state index in [1.54, 1.807) is 13.8 Å². The molecule has 0 fully saturated rings. The number of hydrogen-bond donors (Lipinski definition) is 2. The Morgan fingerprint density at radius 2 is 1.82 bits per heavy atom. The van der Waals surface area contributed by atoms with Crippen molar-refractivity contribution >= 4 is 0 Å². The van der Waals surface area contributed by atoms with Crippen LogP contribution in [0.2, 0.25) is 0 Å². The summed E-state index contributed by atoms with van der Waals surface area (Å²) in [5, 5.41) is 18.8. The molecule has 2 N–H and O–H groups in total. The van der Waals surface area contributed by atoms with E-state index in [4.69, 9.17) is 4.74 Å². The van der Waals surface area contributed by atoms with Crippen molar-refractivity contribution in [2.45, 2.75) is 39.6 Å². The van der Waals surface area contributed by atoms with E-state index in [1.165, 1.54) is 7.11 Å². The highest BCUT2D eigenvalue weighted by Crippen LogP contribution is 2.27. The van der Waals surface area contributed by atoms with Gasteiger partial charge in [0.2, 0.25) is 0 Å². The van der Waals surface area contributed by atoms with Gasteiger partial charge in [-0.2, -0.15) is 0 Å². The van der Waals surface area contributed by atoms with Crippen LogP contribution in [0, 0.1) is 5.41 Å². The van der Waals surface area contributed by atoms with Crippen molar-refractivity contribution < 1.29 is 14.9 Å². The van der Waals surface area contributed by atoms with Gasteiger partial charge in [0.05, 0.1) is 6.10 Å². The van der Waals surface area contributed by atoms with Crippen LogP contribution in [0.4, 0.5) is 0 Å². The van der Waals surface area contributed by atoms with Crippen LogP contribution in [0.3, 0.4) is 0 Å². The predicted octanol–water partition coefficient (Wildman–Crippen LogP) is 0.748. The zero-order chi connectivity index (χ0) is 9.07. The molecule has 3 heteroatoms. The first-order chi connectivity index (χ1) is 4.96. The zero-order valence-electron chi connectivity index (χ0n) is 7.66. The summed E-state index contributed by atoms with van der Waals surface area (Å²) < 4.78 is 4.73. The van der Waals surface area contributed by atoms with Crippen molar-refractivity contribution in [2.75, 3.05) is 7.11 Å². The highest BCUT2D eigenvalue weighted by atomic mass is 16.6. The van der Waals surface area contributed by atoms with Gasteiger partial charge in [-0.1, -0.05) is 20.8 Å². The molecule has 0 aromatic carbocycles. The fraction of sp³-hybridized carbons (Fsp3) is 1.00. The second-order valence-corrected chi connectivity index (χ2v) is 3.33. The summed E-state index contributed by atoms with van der Waals surface area (Å²) in [6.45, 7) is 5.42. The Morgan fingerprint density at radius 1 is 1.36 bits per heavy atom. The average Bonchev–Trinajstić information content (AvgIpc) is 2.01. The van der Waals surface area contributed by atoms with Crippen LogP contribution < -0.4 is 0 Å². The fourth-order valence-corrected chi connectivity index (χ4v) is 0.994. The minimum absolute atomic E-state index is 0.530. The number of rotatable bonds is 4. The van der Waals surface area contributed by atoms with E-state index in [0.29, 0.717) is 6.42 Å². The van der Waals surface area contributed by atoms with Crippen molar-refractivity contribution in [1.82, 2.24) is 0 Å². The highest BCUT2D eigenvalue weighted by Gasteiger charge is 2.34. The maximum Gasteiger partial charge on any atom is 0.161 e. The first-order valence-corrected chi connectivity index (χ1v) is 3.85. The van der Waals surface area contributed by atoms with E-state index in [0.717, 1.165) is 0 Å². The summed E-state index contributed by atoms with van der Waals surface area (Å²) in [7, 11) is 1.43. The number of methoxy groups -OCH3 is 1. The van der Waals surface area contributed by atoms with Crippen molar-refractivity contribution in [3.05, 3.63) is 0 Å². The summed E-state index contributed by atoms with van der Waals surface area (Å²) in [6, 6.07) is 0. The normalized spacial score (nSPS) is 18.0. The molecule has 0 amide bonds. The average molecular weight is 162 g/mol. The molecule has 68 valence electrons. The van der Waals surface area contributed by atoms with Gasteiger partial charge in [-0.15, -0.1) is 0 Å². The van der Waals surface area contributed by atoms with E-state index < -0.39 is 17.8 Å². The number of ether oxygens (including phenoxy) is 1. The minimum atomic E-state index is -0.905. The van der Waals surface area contributed by atoms with Crippen LogP contribution in [0.5, 0.6) is 0 Å². The van der Waals surface area contributed by atoms with Gasteiger partial charge in [0.15, 0.2) is 6.29 Å². The lowest BCUT2D eigenvalue weighted by Crippen LogP contribution is -2.41. The lowest BCUT2D eigenvalue weighted by atomic mass is 9.84. The first-order valence-electron chi connectivity index (χ1n) is 3.85. The maximum atomic E-state index is 9.45. The van der Waals surface area contributed by atoms with Gasteiger partial charge in [-0.25, -0.2) is 0 Å². The zero-order valence-corrected chi connectivity index (χ0v) is 7.66. The van der Waals surface area contributed by atoms with Crippen LogP contribution >= 0.6 is 0 Å². The Hall–Kier alpha value is -0.120. The van der Waals surface area contributed by atoms with Crippen molar-refractivity contribution in [2.24, 2.45) is 5.41 Å². The monoisotopic (exact) mass is 162 g/mol. The lowest BCUT2D eigenvalue weighted by Gasteiger charge is -2.33. The summed E-state index contributed by atoms with van der Waals surface area (Å²) in [4.78, 5) is 0. The third-order valence-electron chi connectivity index (χ3n) is 2.11. The second kappa shape index (κ2) is 4.04. The fourth-order valence-electron chi connectivity index (χ4n) is 0.994. The number of aliphatic hydroxyl groups is 2. The van der Waals surface area contributed by atoms with Crippen LogP contribution in [0.25, 0.3) is 0 Å². The van der Waals surface area contributed by atoms with E-state index in [1.807, 2.05) is 6.92 Å². The van der Waals surface area contributed by atoms with Crippen molar-refractivity contribution in [3.8, 4) is 0 Å². The molecule has 2 unspecified atom stereocenters. The summed E-state index contributed by atoms with van der Waals surface area (Å²) >= 11 is 0. The smallest absolute Gasteiger partial charge is 0.161 e. The summed E-state index contributed by atoms with van der Waals surface area (Å²) in [5.74, 6) is 0. The Morgan fingerprint density at radius 3 is 2.09 bits per heavy atom. The Kier molecular flexibility index (Phi) is 4.00. The summed E-state index contributed by atoms with van der Waals surface area (Å²) in [5.41, 5.74) is -0.594. The molecule has 0 radical (unpaired) electrons. The van der Waals surface area contributed by atoms with E-state index in [2.05, 4.69) is 0 Å². The second-order valence-electron chi connectivity index (χ2n) is 3.33. The van der Waals surface area contributed by atoms with Gasteiger partial charge < -0.3 is 14.9 Å². The molecule has 0 aromatic heterocycles. The third-order valence-corrected chi connectivity index (χ3v) is 2.11. The Labute approximate surface area is 68.0 Å². The van der Waals surface area contributed by atoms with Gasteiger partial charge in [0, 0.05) is 12.5 Å². The van der Waals surface area contributed by atoms with E-state index in [9.17, 15) is 10.2 Å². The molecular formula is C8H18O3. The summed E-state index contributed by atoms with van der Waals surface area (Å²) in [6.07, 6.45) is -0.817. The molecule has 3 nitrogen and oxygen atoms in total. The topological polar surface area (TPSA) is 49.7 Å². The molecule has 0 bridgehead atoms. The van der Waals surface area contributed by atoms with Crippen LogP contribution in [-0.2, 0) is 4.74 Å². The Bertz CT molecular complexity index is 99.9. The van der Waals surface area contributed by atoms with Gasteiger partial charge in [-0.3, -0.25) is 0 Å². The lowest BCUT2D eigenvalue weighted by molar-refractivity contribution is -0.180.